The number of hydrogen-bond acceptors (Lipinski definition) is 4. The maximum Gasteiger partial charge on any atom is 0.257 e. The molecule has 2 heterocycles. The van der Waals surface area contributed by atoms with Gasteiger partial charge in [0.05, 0.1) is 30.4 Å². The molecule has 3 N–H and O–H groups in total. The van der Waals surface area contributed by atoms with Crippen LogP contribution in [0, 0.1) is 0 Å². The number of rotatable bonds is 3. The fourth-order valence-electron chi connectivity index (χ4n) is 2.32. The largest absolute Gasteiger partial charge is 0.472 e. The molecule has 18 heavy (non-hydrogen) atoms. The Labute approximate surface area is 104 Å². The van der Waals surface area contributed by atoms with Gasteiger partial charge in [-0.25, -0.2) is 0 Å². The van der Waals surface area contributed by atoms with Crippen molar-refractivity contribution in [2.75, 3.05) is 13.1 Å². The Morgan fingerprint density at radius 1 is 1.56 bits per heavy atom. The normalized spacial score (nSPS) is 23.9. The quantitative estimate of drug-likeness (QED) is 0.798. The van der Waals surface area contributed by atoms with E-state index in [0.29, 0.717) is 24.9 Å². The maximum absolute atomic E-state index is 12.1. The summed E-state index contributed by atoms with van der Waals surface area (Å²) < 4.78 is 4.86. The van der Waals surface area contributed by atoms with Crippen LogP contribution in [0.1, 0.15) is 29.6 Å². The molecular formula is C12H16N2O4. The molecule has 1 unspecified atom stereocenters. The molecule has 0 saturated carbocycles. The first-order chi connectivity index (χ1) is 8.50. The molecule has 0 spiro atoms. The van der Waals surface area contributed by atoms with Crippen molar-refractivity contribution < 1.29 is 19.1 Å². The third-order valence-electron chi connectivity index (χ3n) is 3.11. The van der Waals surface area contributed by atoms with E-state index in [9.17, 15) is 14.7 Å². The Morgan fingerprint density at radius 3 is 2.94 bits per heavy atom. The second-order valence-electron chi connectivity index (χ2n) is 4.71. The van der Waals surface area contributed by atoms with Crippen molar-refractivity contribution in [3.05, 3.63) is 24.2 Å². The second-order valence-corrected chi connectivity index (χ2v) is 4.71. The molecular weight excluding hydrogens is 236 g/mol. The highest BCUT2D eigenvalue weighted by Gasteiger charge is 2.36. The number of likely N-dealkylation sites (tertiary alicyclic amines) is 1. The smallest absolute Gasteiger partial charge is 0.257 e. The lowest BCUT2D eigenvalue weighted by Crippen LogP contribution is -2.51. The molecule has 1 fully saturated rings. The molecule has 1 aromatic rings. The number of primary amides is 1. The van der Waals surface area contributed by atoms with E-state index in [2.05, 4.69) is 0 Å². The van der Waals surface area contributed by atoms with Gasteiger partial charge < -0.3 is 20.2 Å². The van der Waals surface area contributed by atoms with E-state index < -0.39 is 11.5 Å². The first-order valence-corrected chi connectivity index (χ1v) is 5.82. The molecule has 6 heteroatoms. The number of amides is 2. The Morgan fingerprint density at radius 2 is 2.33 bits per heavy atom. The zero-order valence-electron chi connectivity index (χ0n) is 9.96. The van der Waals surface area contributed by atoms with Crippen LogP contribution in [0.15, 0.2) is 23.0 Å². The summed E-state index contributed by atoms with van der Waals surface area (Å²) in [7, 11) is 0. The molecule has 6 nitrogen and oxygen atoms in total. The van der Waals surface area contributed by atoms with Gasteiger partial charge in [0.1, 0.15) is 6.26 Å². The monoisotopic (exact) mass is 252 g/mol. The van der Waals surface area contributed by atoms with Crippen LogP contribution >= 0.6 is 0 Å². The number of hydrogen-bond donors (Lipinski definition) is 2. The maximum atomic E-state index is 12.1. The predicted octanol–water partition coefficient (Wildman–Crippen LogP) is 0.122. The molecule has 2 amide bonds. The molecule has 0 aromatic carbocycles. The van der Waals surface area contributed by atoms with Gasteiger partial charge >= 0.3 is 0 Å². The van der Waals surface area contributed by atoms with Crippen LogP contribution in [0.5, 0.6) is 0 Å². The van der Waals surface area contributed by atoms with E-state index in [-0.39, 0.29) is 18.9 Å². The zero-order chi connectivity index (χ0) is 13.2. The second kappa shape index (κ2) is 4.81. The lowest BCUT2D eigenvalue weighted by atomic mass is 9.89. The standard InChI is InChI=1S/C12H16N2O4/c13-10(15)6-12(17)3-1-4-14(8-12)11(16)9-2-5-18-7-9/h2,5,7,17H,1,3-4,6,8H2,(H2,13,15). The number of nitrogens with two attached hydrogens (primary N) is 1. The van der Waals surface area contributed by atoms with Crippen molar-refractivity contribution in [2.24, 2.45) is 5.73 Å². The summed E-state index contributed by atoms with van der Waals surface area (Å²) in [5.41, 5.74) is 4.35. The lowest BCUT2D eigenvalue weighted by Gasteiger charge is -2.38. The van der Waals surface area contributed by atoms with Gasteiger partial charge in [0.2, 0.25) is 5.91 Å². The van der Waals surface area contributed by atoms with Crippen molar-refractivity contribution in [3.63, 3.8) is 0 Å². The fourth-order valence-corrected chi connectivity index (χ4v) is 2.32. The first-order valence-electron chi connectivity index (χ1n) is 5.82. The van der Waals surface area contributed by atoms with Gasteiger partial charge in [-0.1, -0.05) is 0 Å². The van der Waals surface area contributed by atoms with E-state index in [1.54, 1.807) is 6.07 Å². The minimum absolute atomic E-state index is 0.123. The topological polar surface area (TPSA) is 96.8 Å². The van der Waals surface area contributed by atoms with Crippen molar-refractivity contribution in [3.8, 4) is 0 Å². The highest BCUT2D eigenvalue weighted by molar-refractivity contribution is 5.94. The van der Waals surface area contributed by atoms with Crippen LogP contribution in [0.2, 0.25) is 0 Å². The third-order valence-corrected chi connectivity index (χ3v) is 3.11. The summed E-state index contributed by atoms with van der Waals surface area (Å²) in [6.45, 7) is 0.686. The molecule has 0 radical (unpaired) electrons. The summed E-state index contributed by atoms with van der Waals surface area (Å²) in [5, 5.41) is 10.2. The highest BCUT2D eigenvalue weighted by Crippen LogP contribution is 2.25. The van der Waals surface area contributed by atoms with Crippen molar-refractivity contribution >= 4 is 11.8 Å². The van der Waals surface area contributed by atoms with Gasteiger partial charge in [0, 0.05) is 6.54 Å². The van der Waals surface area contributed by atoms with Crippen LogP contribution < -0.4 is 5.73 Å². The number of piperidine rings is 1. The minimum Gasteiger partial charge on any atom is -0.472 e. The van der Waals surface area contributed by atoms with Crippen molar-refractivity contribution in [1.29, 1.82) is 0 Å². The molecule has 1 aliphatic heterocycles. The zero-order valence-corrected chi connectivity index (χ0v) is 9.96. The number of nitrogens with zero attached hydrogens (tertiary/aromatic N) is 1. The fraction of sp³-hybridized carbons (Fsp3) is 0.500. The molecule has 0 aliphatic carbocycles. The number of furan rings is 1. The Balaban J connectivity index is 2.07. The van der Waals surface area contributed by atoms with E-state index in [1.807, 2.05) is 0 Å². The van der Waals surface area contributed by atoms with Gasteiger partial charge in [-0.05, 0) is 18.9 Å². The Kier molecular flexibility index (Phi) is 3.38. The Bertz CT molecular complexity index is 443. The molecule has 1 aromatic heterocycles. The van der Waals surface area contributed by atoms with E-state index in [4.69, 9.17) is 10.2 Å². The average molecular weight is 252 g/mol. The summed E-state index contributed by atoms with van der Waals surface area (Å²) in [6, 6.07) is 1.57. The molecule has 0 bridgehead atoms. The number of carbonyl (C=O) groups is 2. The third kappa shape index (κ3) is 2.70. The van der Waals surface area contributed by atoms with Gasteiger partial charge in [-0.3, -0.25) is 9.59 Å². The minimum atomic E-state index is -1.20. The van der Waals surface area contributed by atoms with Gasteiger partial charge in [0.15, 0.2) is 0 Å². The van der Waals surface area contributed by atoms with Crippen LogP contribution in [0.3, 0.4) is 0 Å². The number of β-amino-alcohol motifs (C(OH)–C–C–N with tert-alkyl or cyclic N) is 1. The van der Waals surface area contributed by atoms with E-state index in [1.165, 1.54) is 17.4 Å². The van der Waals surface area contributed by atoms with Crippen LogP contribution in [-0.4, -0.2) is 40.5 Å². The molecule has 98 valence electrons. The molecule has 1 saturated heterocycles. The summed E-state index contributed by atoms with van der Waals surface area (Å²) >= 11 is 0. The van der Waals surface area contributed by atoms with Crippen molar-refractivity contribution in [2.45, 2.75) is 24.9 Å². The molecule has 1 aliphatic rings. The number of carbonyl (C=O) groups excluding carboxylic acids is 2. The van der Waals surface area contributed by atoms with Crippen molar-refractivity contribution in [1.82, 2.24) is 4.90 Å². The summed E-state index contributed by atoms with van der Waals surface area (Å²) in [4.78, 5) is 24.5. The summed E-state index contributed by atoms with van der Waals surface area (Å²) in [6.07, 6.45) is 3.79. The molecule has 1 atom stereocenters. The van der Waals surface area contributed by atoms with Crippen LogP contribution in [0.4, 0.5) is 0 Å². The van der Waals surface area contributed by atoms with Gasteiger partial charge in [0.25, 0.3) is 5.91 Å². The van der Waals surface area contributed by atoms with Gasteiger partial charge in [-0.15, -0.1) is 0 Å². The number of aliphatic hydroxyl groups is 1. The van der Waals surface area contributed by atoms with Crippen LogP contribution in [0.25, 0.3) is 0 Å². The predicted molar refractivity (Wildman–Crippen MR) is 62.6 cm³/mol. The lowest BCUT2D eigenvalue weighted by molar-refractivity contribution is -0.125. The van der Waals surface area contributed by atoms with E-state index in [0.717, 1.165) is 0 Å². The van der Waals surface area contributed by atoms with Crippen LogP contribution in [-0.2, 0) is 4.79 Å². The SMILES string of the molecule is NC(=O)CC1(O)CCCN(C(=O)c2ccoc2)C1. The average Bonchev–Trinajstić information content (AvgIpc) is 2.79. The van der Waals surface area contributed by atoms with Gasteiger partial charge in [-0.2, -0.15) is 0 Å². The highest BCUT2D eigenvalue weighted by atomic mass is 16.3. The molecule has 2 rings (SSSR count). The first kappa shape index (κ1) is 12.6. The Hall–Kier alpha value is -1.82. The summed E-state index contributed by atoms with van der Waals surface area (Å²) in [5.74, 6) is -0.763. The van der Waals surface area contributed by atoms with E-state index >= 15 is 0 Å².